The molecule has 1 radical (unpaired) electrons. The molecule has 0 saturated heterocycles. The first-order valence-corrected chi connectivity index (χ1v) is 18.5. The van der Waals surface area contributed by atoms with Gasteiger partial charge in [-0.2, -0.15) is 0 Å². The third-order valence-electron chi connectivity index (χ3n) is 8.74. The van der Waals surface area contributed by atoms with E-state index in [-0.39, 0.29) is 0 Å². The third kappa shape index (κ3) is 7.73. The van der Waals surface area contributed by atoms with Gasteiger partial charge in [0, 0.05) is 16.9 Å². The van der Waals surface area contributed by atoms with Crippen molar-refractivity contribution in [3.8, 4) is 33.4 Å². The molecule has 239 valence electrons. The summed E-state index contributed by atoms with van der Waals surface area (Å²) < 4.78 is 0. The SMILES string of the molecule is C=C/C=C\C=C\c1cccc(-c2ccc(Nc3cccc(-c4ccccc4)c3)c(-c3ccc([Si](c4ccccc4)c4ccccc4)cc3)c2)c1. The Morgan fingerprint density at radius 2 is 0.980 bits per heavy atom. The number of allylic oxidation sites excluding steroid dienone is 4. The lowest BCUT2D eigenvalue weighted by Crippen LogP contribution is -2.51. The van der Waals surface area contributed by atoms with Crippen molar-refractivity contribution in [3.63, 3.8) is 0 Å². The molecule has 0 aromatic heterocycles. The van der Waals surface area contributed by atoms with Crippen LogP contribution in [0.25, 0.3) is 39.5 Å². The van der Waals surface area contributed by atoms with E-state index in [0.29, 0.717) is 0 Å². The average molecular weight is 657 g/mol. The van der Waals surface area contributed by atoms with Crippen molar-refractivity contribution in [3.05, 3.63) is 218 Å². The van der Waals surface area contributed by atoms with Crippen LogP contribution in [0.4, 0.5) is 11.4 Å². The number of hydrogen-bond donors (Lipinski definition) is 1. The van der Waals surface area contributed by atoms with Crippen LogP contribution in [0.5, 0.6) is 0 Å². The molecule has 50 heavy (non-hydrogen) atoms. The Bertz CT molecular complexity index is 2200. The molecule has 0 bridgehead atoms. The third-order valence-corrected chi connectivity index (χ3v) is 11.5. The highest BCUT2D eigenvalue weighted by molar-refractivity contribution is 6.95. The largest absolute Gasteiger partial charge is 0.355 e. The van der Waals surface area contributed by atoms with Gasteiger partial charge in [0.2, 0.25) is 0 Å². The van der Waals surface area contributed by atoms with Gasteiger partial charge in [-0.1, -0.05) is 204 Å². The number of anilines is 2. The summed E-state index contributed by atoms with van der Waals surface area (Å²) in [6.07, 6.45) is 9.88. The Balaban J connectivity index is 1.28. The molecular formula is C48H38NSi. The van der Waals surface area contributed by atoms with Crippen LogP contribution in [0.2, 0.25) is 0 Å². The lowest BCUT2D eigenvalue weighted by Gasteiger charge is -2.18. The van der Waals surface area contributed by atoms with Gasteiger partial charge in [0.1, 0.15) is 0 Å². The Hall–Kier alpha value is -6.22. The maximum atomic E-state index is 3.78. The molecule has 0 saturated carbocycles. The van der Waals surface area contributed by atoms with E-state index in [1.54, 1.807) is 6.08 Å². The molecule has 0 aliphatic heterocycles. The molecule has 7 aromatic rings. The molecule has 0 unspecified atom stereocenters. The molecule has 1 nitrogen and oxygen atoms in total. The zero-order valence-corrected chi connectivity index (χ0v) is 28.9. The summed E-state index contributed by atoms with van der Waals surface area (Å²) >= 11 is 0. The van der Waals surface area contributed by atoms with E-state index in [1.807, 2.05) is 18.2 Å². The molecule has 2 heteroatoms. The van der Waals surface area contributed by atoms with E-state index in [2.05, 4.69) is 200 Å². The smallest absolute Gasteiger partial charge is 0.154 e. The Labute approximate surface area is 297 Å². The number of rotatable bonds is 11. The van der Waals surface area contributed by atoms with Crippen LogP contribution in [0, 0.1) is 0 Å². The normalized spacial score (nSPS) is 11.3. The van der Waals surface area contributed by atoms with Crippen LogP contribution in [0.3, 0.4) is 0 Å². The van der Waals surface area contributed by atoms with Crippen LogP contribution in [-0.2, 0) is 0 Å². The van der Waals surface area contributed by atoms with E-state index in [4.69, 9.17) is 0 Å². The summed E-state index contributed by atoms with van der Waals surface area (Å²) in [7, 11) is -1.16. The highest BCUT2D eigenvalue weighted by atomic mass is 28.3. The first kappa shape index (κ1) is 32.3. The molecule has 0 atom stereocenters. The van der Waals surface area contributed by atoms with E-state index in [1.165, 1.54) is 43.4 Å². The molecule has 7 aromatic carbocycles. The molecule has 0 amide bonds. The summed E-state index contributed by atoms with van der Waals surface area (Å²) in [5, 5.41) is 7.91. The highest BCUT2D eigenvalue weighted by Crippen LogP contribution is 2.35. The van der Waals surface area contributed by atoms with E-state index in [9.17, 15) is 0 Å². The second-order valence-electron chi connectivity index (χ2n) is 12.1. The van der Waals surface area contributed by atoms with Crippen LogP contribution in [0.15, 0.2) is 213 Å². The summed E-state index contributed by atoms with van der Waals surface area (Å²) in [4.78, 5) is 0. The van der Waals surface area contributed by atoms with Gasteiger partial charge in [-0.05, 0) is 63.7 Å². The minimum absolute atomic E-state index is 1.05. The fraction of sp³-hybridized carbons (Fsp3) is 0. The van der Waals surface area contributed by atoms with Gasteiger partial charge in [0.05, 0.1) is 0 Å². The van der Waals surface area contributed by atoms with Crippen LogP contribution in [-0.4, -0.2) is 8.80 Å². The quantitative estimate of drug-likeness (QED) is 0.0830. The summed E-state index contributed by atoms with van der Waals surface area (Å²) in [6.45, 7) is 3.76. The molecule has 1 N–H and O–H groups in total. The molecule has 0 aliphatic rings. The van der Waals surface area contributed by atoms with Crippen molar-refractivity contribution in [2.75, 3.05) is 5.32 Å². The summed E-state index contributed by atoms with van der Waals surface area (Å²) in [5.41, 5.74) is 10.3. The van der Waals surface area contributed by atoms with Crippen molar-refractivity contribution in [1.82, 2.24) is 0 Å². The maximum absolute atomic E-state index is 3.78. The number of hydrogen-bond acceptors (Lipinski definition) is 1. The van der Waals surface area contributed by atoms with Gasteiger partial charge in [-0.25, -0.2) is 0 Å². The minimum atomic E-state index is -1.16. The van der Waals surface area contributed by atoms with Crippen molar-refractivity contribution >= 4 is 41.8 Å². The van der Waals surface area contributed by atoms with Crippen LogP contribution in [0.1, 0.15) is 5.56 Å². The predicted octanol–water partition coefficient (Wildman–Crippen LogP) is 10.7. The molecule has 0 fully saturated rings. The van der Waals surface area contributed by atoms with Gasteiger partial charge < -0.3 is 5.32 Å². The summed E-state index contributed by atoms with van der Waals surface area (Å²) in [6, 6.07) is 65.7. The molecule has 7 rings (SSSR count). The number of nitrogens with one attached hydrogen (secondary N) is 1. The van der Waals surface area contributed by atoms with Crippen LogP contribution >= 0.6 is 0 Å². The zero-order chi connectivity index (χ0) is 34.0. The van der Waals surface area contributed by atoms with E-state index < -0.39 is 8.80 Å². The number of benzene rings is 7. The van der Waals surface area contributed by atoms with Crippen molar-refractivity contribution in [1.29, 1.82) is 0 Å². The first-order chi connectivity index (χ1) is 24.7. The van der Waals surface area contributed by atoms with Gasteiger partial charge in [0.25, 0.3) is 0 Å². The highest BCUT2D eigenvalue weighted by Gasteiger charge is 2.20. The lowest BCUT2D eigenvalue weighted by atomic mass is 9.96. The van der Waals surface area contributed by atoms with Gasteiger partial charge in [-0.15, -0.1) is 0 Å². The van der Waals surface area contributed by atoms with Gasteiger partial charge in [0.15, 0.2) is 8.80 Å². The monoisotopic (exact) mass is 656 g/mol. The van der Waals surface area contributed by atoms with Gasteiger partial charge >= 0.3 is 0 Å². The fourth-order valence-corrected chi connectivity index (χ4v) is 8.84. The van der Waals surface area contributed by atoms with Crippen molar-refractivity contribution in [2.24, 2.45) is 0 Å². The molecule has 0 aliphatic carbocycles. The average Bonchev–Trinajstić information content (AvgIpc) is 3.19. The second-order valence-corrected chi connectivity index (χ2v) is 14.6. The molecular weight excluding hydrogens is 619 g/mol. The van der Waals surface area contributed by atoms with E-state index in [0.717, 1.165) is 22.5 Å². The summed E-state index contributed by atoms with van der Waals surface area (Å²) in [5.74, 6) is 0. The second kappa shape index (κ2) is 15.8. The lowest BCUT2D eigenvalue weighted by molar-refractivity contribution is 1.52. The van der Waals surface area contributed by atoms with Crippen molar-refractivity contribution < 1.29 is 0 Å². The van der Waals surface area contributed by atoms with Crippen LogP contribution < -0.4 is 20.9 Å². The minimum Gasteiger partial charge on any atom is -0.355 e. The molecule has 0 spiro atoms. The molecule has 0 heterocycles. The van der Waals surface area contributed by atoms with Gasteiger partial charge in [-0.3, -0.25) is 0 Å². The predicted molar refractivity (Wildman–Crippen MR) is 218 cm³/mol. The Morgan fingerprint density at radius 3 is 1.66 bits per heavy atom. The fourth-order valence-electron chi connectivity index (χ4n) is 6.29. The topological polar surface area (TPSA) is 12.0 Å². The Kier molecular flexibility index (Phi) is 10.2. The van der Waals surface area contributed by atoms with Crippen molar-refractivity contribution in [2.45, 2.75) is 0 Å². The zero-order valence-electron chi connectivity index (χ0n) is 27.9. The van der Waals surface area contributed by atoms with E-state index >= 15 is 0 Å². The first-order valence-electron chi connectivity index (χ1n) is 17.0. The Morgan fingerprint density at radius 1 is 0.420 bits per heavy atom. The maximum Gasteiger partial charge on any atom is 0.154 e. The standard InChI is InChI=1S/C48H38NSi/c1-2-3-4-8-17-37-18-15-21-40(34-37)42-30-33-48(49-43-23-16-22-41(35-43)38-19-9-5-10-20-38)47(36-42)39-28-31-46(32-29-39)50(44-24-11-6-12-25-44)45-26-13-7-14-27-45/h2-36,49H,1H2/b4-3-,17-8+.